The molecule has 4 heteroatoms. The number of hydrogen-bond acceptors (Lipinski definition) is 4. The van der Waals surface area contributed by atoms with Gasteiger partial charge in [-0.05, 0) is 53.8 Å². The Labute approximate surface area is 179 Å². The highest BCUT2D eigenvalue weighted by Gasteiger charge is 2.21. The van der Waals surface area contributed by atoms with Crippen molar-refractivity contribution in [1.82, 2.24) is 0 Å². The maximum atomic E-state index is 6.02. The van der Waals surface area contributed by atoms with Gasteiger partial charge >= 0.3 is 0 Å². The summed E-state index contributed by atoms with van der Waals surface area (Å²) >= 11 is 0. The Morgan fingerprint density at radius 1 is 0.800 bits per heavy atom. The standard InChI is InChI=1S/C26H29O4/c1-6-11-18-14-15-21(30-7-2)25(24(18)19-12-9-8-10-13-19)20-16-22(27-3)26(29-5)23(17-20)28-4/h8-10,12-14,16-17H,6-7,11H2,1-5H3. The van der Waals surface area contributed by atoms with Gasteiger partial charge in [0, 0.05) is 11.6 Å². The summed E-state index contributed by atoms with van der Waals surface area (Å²) in [5.41, 5.74) is 5.43. The van der Waals surface area contributed by atoms with Gasteiger partial charge in [-0.25, -0.2) is 0 Å². The second-order valence-electron chi connectivity index (χ2n) is 6.86. The first-order chi connectivity index (χ1) is 14.7. The van der Waals surface area contributed by atoms with E-state index in [4.69, 9.17) is 18.9 Å². The third kappa shape index (κ3) is 4.23. The molecule has 30 heavy (non-hydrogen) atoms. The van der Waals surface area contributed by atoms with Gasteiger partial charge in [0.15, 0.2) is 11.5 Å². The molecule has 0 aliphatic heterocycles. The minimum atomic E-state index is 0.551. The molecule has 0 aromatic heterocycles. The van der Waals surface area contributed by atoms with E-state index in [2.05, 4.69) is 43.3 Å². The minimum absolute atomic E-state index is 0.551. The highest BCUT2D eigenvalue weighted by molar-refractivity contribution is 5.91. The van der Waals surface area contributed by atoms with E-state index in [9.17, 15) is 0 Å². The van der Waals surface area contributed by atoms with Crippen LogP contribution in [0.15, 0.2) is 48.5 Å². The maximum absolute atomic E-state index is 6.02. The zero-order valence-electron chi connectivity index (χ0n) is 18.4. The van der Waals surface area contributed by atoms with Crippen LogP contribution in [0.5, 0.6) is 23.0 Å². The van der Waals surface area contributed by atoms with Crippen molar-refractivity contribution in [3.63, 3.8) is 0 Å². The SMILES string of the molecule is CCCc1c[c]c(OCC)c(-c2cc(OC)c(OC)c(OC)c2)c1-c1ccccc1. The van der Waals surface area contributed by atoms with Crippen LogP contribution in [-0.4, -0.2) is 27.9 Å². The van der Waals surface area contributed by atoms with Crippen molar-refractivity contribution >= 4 is 0 Å². The summed E-state index contributed by atoms with van der Waals surface area (Å²) in [6.45, 7) is 4.72. The average Bonchev–Trinajstić information content (AvgIpc) is 2.79. The van der Waals surface area contributed by atoms with Crippen LogP contribution in [0.2, 0.25) is 0 Å². The highest BCUT2D eigenvalue weighted by Crippen LogP contribution is 2.47. The first-order valence-corrected chi connectivity index (χ1v) is 10.2. The van der Waals surface area contributed by atoms with Crippen molar-refractivity contribution in [2.75, 3.05) is 27.9 Å². The number of ether oxygens (including phenoxy) is 4. The van der Waals surface area contributed by atoms with Crippen molar-refractivity contribution in [1.29, 1.82) is 0 Å². The summed E-state index contributed by atoms with van der Waals surface area (Å²) in [6, 6.07) is 19.8. The third-order valence-corrected chi connectivity index (χ3v) is 5.00. The van der Waals surface area contributed by atoms with Gasteiger partial charge in [0.1, 0.15) is 5.75 Å². The van der Waals surface area contributed by atoms with E-state index in [1.807, 2.05) is 25.1 Å². The van der Waals surface area contributed by atoms with Crippen LogP contribution >= 0.6 is 0 Å². The van der Waals surface area contributed by atoms with Gasteiger partial charge < -0.3 is 18.9 Å². The summed E-state index contributed by atoms with van der Waals surface area (Å²) in [6.07, 6.45) is 1.99. The molecule has 1 radical (unpaired) electrons. The molecule has 0 amide bonds. The van der Waals surface area contributed by atoms with E-state index in [0.29, 0.717) is 29.6 Å². The summed E-state index contributed by atoms with van der Waals surface area (Å²) in [7, 11) is 4.86. The Hall–Kier alpha value is -3.14. The van der Waals surface area contributed by atoms with Gasteiger partial charge in [-0.15, -0.1) is 0 Å². The fraction of sp³-hybridized carbons (Fsp3) is 0.308. The number of methoxy groups -OCH3 is 3. The van der Waals surface area contributed by atoms with Crippen LogP contribution < -0.4 is 18.9 Å². The van der Waals surface area contributed by atoms with Crippen LogP contribution in [0.1, 0.15) is 25.8 Å². The molecular formula is C26H29O4. The zero-order chi connectivity index (χ0) is 21.5. The van der Waals surface area contributed by atoms with Crippen LogP contribution in [0.25, 0.3) is 22.3 Å². The lowest BCUT2D eigenvalue weighted by atomic mass is 9.88. The summed E-state index contributed by atoms with van der Waals surface area (Å²) in [4.78, 5) is 0. The zero-order valence-corrected chi connectivity index (χ0v) is 18.4. The van der Waals surface area contributed by atoms with Crippen LogP contribution in [0.3, 0.4) is 0 Å². The molecule has 4 nitrogen and oxygen atoms in total. The molecule has 0 saturated carbocycles. The molecule has 157 valence electrons. The second kappa shape index (κ2) is 10.1. The molecule has 0 bridgehead atoms. The van der Waals surface area contributed by atoms with Gasteiger partial charge in [0.05, 0.1) is 27.9 Å². The third-order valence-electron chi connectivity index (χ3n) is 5.00. The Balaban J connectivity index is 2.39. The fourth-order valence-electron chi connectivity index (χ4n) is 3.73. The van der Waals surface area contributed by atoms with E-state index < -0.39 is 0 Å². The predicted molar refractivity (Wildman–Crippen MR) is 121 cm³/mol. The predicted octanol–water partition coefficient (Wildman–Crippen LogP) is 6.20. The topological polar surface area (TPSA) is 36.9 Å². The number of benzene rings is 3. The number of aryl methyl sites for hydroxylation is 1. The molecule has 0 heterocycles. The lowest BCUT2D eigenvalue weighted by Gasteiger charge is -2.21. The molecule has 3 aromatic rings. The molecule has 3 rings (SSSR count). The number of rotatable bonds is 9. The van der Waals surface area contributed by atoms with E-state index in [1.165, 1.54) is 5.56 Å². The van der Waals surface area contributed by atoms with Crippen LogP contribution in [-0.2, 0) is 6.42 Å². The van der Waals surface area contributed by atoms with Crippen LogP contribution in [0.4, 0.5) is 0 Å². The Bertz CT molecular complexity index is 955. The molecule has 0 atom stereocenters. The van der Waals surface area contributed by atoms with Gasteiger partial charge in [-0.2, -0.15) is 0 Å². The first-order valence-electron chi connectivity index (χ1n) is 10.2. The van der Waals surface area contributed by atoms with Gasteiger partial charge in [-0.1, -0.05) is 43.7 Å². The molecule has 3 aromatic carbocycles. The van der Waals surface area contributed by atoms with Crippen molar-refractivity contribution < 1.29 is 18.9 Å². The molecule has 0 aliphatic carbocycles. The summed E-state index contributed by atoms with van der Waals surface area (Å²) in [5, 5.41) is 0. The lowest BCUT2D eigenvalue weighted by Crippen LogP contribution is -2.01. The Morgan fingerprint density at radius 2 is 1.47 bits per heavy atom. The fourth-order valence-corrected chi connectivity index (χ4v) is 3.73. The van der Waals surface area contributed by atoms with Gasteiger partial charge in [-0.3, -0.25) is 0 Å². The molecule has 0 N–H and O–H groups in total. The Morgan fingerprint density at radius 3 is 2.00 bits per heavy atom. The molecule has 0 spiro atoms. The first kappa shape index (κ1) is 21.6. The van der Waals surface area contributed by atoms with E-state index >= 15 is 0 Å². The monoisotopic (exact) mass is 405 g/mol. The minimum Gasteiger partial charge on any atom is -0.493 e. The highest BCUT2D eigenvalue weighted by atomic mass is 16.5. The maximum Gasteiger partial charge on any atom is 0.203 e. The summed E-state index contributed by atoms with van der Waals surface area (Å²) in [5.74, 6) is 2.49. The molecule has 0 fully saturated rings. The van der Waals surface area contributed by atoms with Gasteiger partial charge in [0.2, 0.25) is 5.75 Å². The van der Waals surface area contributed by atoms with Crippen molar-refractivity contribution in [3.8, 4) is 45.3 Å². The summed E-state index contributed by atoms with van der Waals surface area (Å²) < 4.78 is 22.8. The van der Waals surface area contributed by atoms with E-state index in [1.54, 1.807) is 21.3 Å². The van der Waals surface area contributed by atoms with Crippen molar-refractivity contribution in [2.24, 2.45) is 0 Å². The molecule has 0 saturated heterocycles. The largest absolute Gasteiger partial charge is 0.493 e. The molecule has 0 unspecified atom stereocenters. The second-order valence-corrected chi connectivity index (χ2v) is 6.86. The molecular weight excluding hydrogens is 376 g/mol. The smallest absolute Gasteiger partial charge is 0.203 e. The van der Waals surface area contributed by atoms with Crippen molar-refractivity contribution in [3.05, 3.63) is 60.2 Å². The number of hydrogen-bond donors (Lipinski definition) is 0. The quantitative estimate of drug-likeness (QED) is 0.425. The average molecular weight is 406 g/mol. The van der Waals surface area contributed by atoms with Gasteiger partial charge in [0.25, 0.3) is 0 Å². The van der Waals surface area contributed by atoms with E-state index in [0.717, 1.165) is 35.1 Å². The lowest BCUT2D eigenvalue weighted by molar-refractivity contribution is 0.324. The normalized spacial score (nSPS) is 10.6. The molecule has 0 aliphatic rings. The van der Waals surface area contributed by atoms with E-state index in [-0.39, 0.29) is 0 Å². The van der Waals surface area contributed by atoms with Crippen LogP contribution in [0, 0.1) is 6.07 Å². The Kier molecular flexibility index (Phi) is 7.23. The van der Waals surface area contributed by atoms with Crippen molar-refractivity contribution in [2.45, 2.75) is 26.7 Å².